The third-order valence-electron chi connectivity index (χ3n) is 7.64. The van der Waals surface area contributed by atoms with Crippen molar-refractivity contribution in [1.82, 2.24) is 0 Å². The molecule has 1 N–H and O–H groups in total. The van der Waals surface area contributed by atoms with Crippen LogP contribution in [0.3, 0.4) is 0 Å². The average molecular weight is 452 g/mol. The van der Waals surface area contributed by atoms with Gasteiger partial charge in [-0.15, -0.1) is 0 Å². The van der Waals surface area contributed by atoms with Crippen LogP contribution in [0.25, 0.3) is 0 Å². The van der Waals surface area contributed by atoms with Gasteiger partial charge in [-0.1, -0.05) is 57.5 Å². The summed E-state index contributed by atoms with van der Waals surface area (Å²) in [5.74, 6) is -1.75. The number of benzene rings is 2. The summed E-state index contributed by atoms with van der Waals surface area (Å²) in [6.45, 7) is 5.78. The molecule has 1 amide bonds. The van der Waals surface area contributed by atoms with Crippen molar-refractivity contribution in [3.63, 3.8) is 0 Å². The number of Topliss-reactive ketones (excluding diaryl/α,β-unsaturated/α-hetero) is 2. The van der Waals surface area contributed by atoms with E-state index in [-0.39, 0.29) is 5.92 Å². The fourth-order valence-corrected chi connectivity index (χ4v) is 8.42. The van der Waals surface area contributed by atoms with Crippen molar-refractivity contribution in [2.75, 3.05) is 11.5 Å². The van der Waals surface area contributed by atoms with E-state index in [0.29, 0.717) is 24.7 Å². The van der Waals surface area contributed by atoms with E-state index in [1.54, 1.807) is 24.3 Å². The average Bonchev–Trinajstić information content (AvgIpc) is 3.15. The first-order chi connectivity index (χ1) is 15.2. The summed E-state index contributed by atoms with van der Waals surface area (Å²) in [6.07, 6.45) is 3.38. The SMILES string of the molecule is CCCCP(=O)(c1ccccc1)c1ccc(NC(=O)C23CCC(C(=O)C2=O)C3(C)C)cc1. The van der Waals surface area contributed by atoms with Crippen LogP contribution in [0, 0.1) is 16.7 Å². The fraction of sp³-hybridized carbons (Fsp3) is 0.423. The third-order valence-corrected chi connectivity index (χ3v) is 10.8. The van der Waals surface area contributed by atoms with Crippen molar-refractivity contribution in [2.24, 2.45) is 16.7 Å². The topological polar surface area (TPSA) is 80.3 Å². The highest BCUT2D eigenvalue weighted by molar-refractivity contribution is 7.78. The number of rotatable bonds is 7. The lowest BCUT2D eigenvalue weighted by Crippen LogP contribution is -2.47. The Kier molecular flexibility index (Phi) is 5.75. The number of carbonyl (C=O) groups is 3. The minimum Gasteiger partial charge on any atom is -0.325 e. The Hall–Kier alpha value is -2.52. The molecule has 0 aromatic heterocycles. The number of carbonyl (C=O) groups excluding carboxylic acids is 3. The molecule has 3 unspecified atom stereocenters. The molecule has 2 saturated carbocycles. The zero-order valence-corrected chi connectivity index (χ0v) is 19.8. The first kappa shape index (κ1) is 22.7. The predicted octanol–water partition coefficient (Wildman–Crippen LogP) is 4.31. The summed E-state index contributed by atoms with van der Waals surface area (Å²) < 4.78 is 14.0. The zero-order valence-electron chi connectivity index (χ0n) is 18.9. The number of unbranched alkanes of at least 4 members (excludes halogenated alkanes) is 1. The Morgan fingerprint density at radius 3 is 2.22 bits per heavy atom. The van der Waals surface area contributed by atoms with E-state index < -0.39 is 35.4 Å². The lowest BCUT2D eigenvalue weighted by atomic mass is 9.68. The summed E-state index contributed by atoms with van der Waals surface area (Å²) in [6, 6.07) is 16.6. The van der Waals surface area contributed by atoms with E-state index in [4.69, 9.17) is 0 Å². The van der Waals surface area contributed by atoms with Gasteiger partial charge in [0, 0.05) is 28.4 Å². The zero-order chi connectivity index (χ0) is 23.1. The summed E-state index contributed by atoms with van der Waals surface area (Å²) in [5.41, 5.74) is -1.45. The van der Waals surface area contributed by atoms with Gasteiger partial charge in [0.2, 0.25) is 17.5 Å². The summed E-state index contributed by atoms with van der Waals surface area (Å²) >= 11 is 0. The van der Waals surface area contributed by atoms with Gasteiger partial charge in [-0.3, -0.25) is 14.4 Å². The van der Waals surface area contributed by atoms with Crippen LogP contribution in [0.4, 0.5) is 5.69 Å². The molecule has 0 saturated heterocycles. The van der Waals surface area contributed by atoms with E-state index in [9.17, 15) is 18.9 Å². The van der Waals surface area contributed by atoms with Gasteiger partial charge in [0.25, 0.3) is 0 Å². The molecule has 168 valence electrons. The Morgan fingerprint density at radius 1 is 1.03 bits per heavy atom. The van der Waals surface area contributed by atoms with E-state index >= 15 is 0 Å². The highest BCUT2D eigenvalue weighted by Crippen LogP contribution is 2.62. The monoisotopic (exact) mass is 451 g/mol. The van der Waals surface area contributed by atoms with Gasteiger partial charge in [-0.25, -0.2) is 0 Å². The van der Waals surface area contributed by atoms with Crippen LogP contribution in [-0.4, -0.2) is 23.6 Å². The predicted molar refractivity (Wildman–Crippen MR) is 127 cm³/mol. The van der Waals surface area contributed by atoms with Crippen LogP contribution in [0.2, 0.25) is 0 Å². The van der Waals surface area contributed by atoms with E-state index in [1.165, 1.54) is 0 Å². The second kappa shape index (κ2) is 8.12. The Morgan fingerprint density at radius 2 is 1.66 bits per heavy atom. The Bertz CT molecular complexity index is 1110. The molecule has 5 nitrogen and oxygen atoms in total. The second-order valence-electron chi connectivity index (χ2n) is 9.57. The maximum Gasteiger partial charge on any atom is 0.239 e. The number of anilines is 1. The molecule has 2 fully saturated rings. The lowest BCUT2D eigenvalue weighted by Gasteiger charge is -2.33. The molecule has 0 aliphatic heterocycles. The number of fused-ring (bicyclic) bond motifs is 2. The molecule has 32 heavy (non-hydrogen) atoms. The van der Waals surface area contributed by atoms with Gasteiger partial charge < -0.3 is 9.88 Å². The maximum absolute atomic E-state index is 14.0. The van der Waals surface area contributed by atoms with E-state index in [0.717, 1.165) is 23.5 Å². The van der Waals surface area contributed by atoms with Crippen LogP contribution in [0.1, 0.15) is 46.5 Å². The van der Waals surface area contributed by atoms with Crippen molar-refractivity contribution in [2.45, 2.75) is 46.5 Å². The number of amides is 1. The fourth-order valence-electron chi connectivity index (χ4n) is 5.56. The molecule has 6 heteroatoms. The van der Waals surface area contributed by atoms with Crippen LogP contribution in [-0.2, 0) is 18.9 Å². The largest absolute Gasteiger partial charge is 0.325 e. The van der Waals surface area contributed by atoms with E-state index in [1.807, 2.05) is 44.2 Å². The molecule has 4 rings (SSSR count). The van der Waals surface area contributed by atoms with Crippen molar-refractivity contribution >= 4 is 40.9 Å². The van der Waals surface area contributed by atoms with Crippen molar-refractivity contribution in [1.29, 1.82) is 0 Å². The van der Waals surface area contributed by atoms with Crippen LogP contribution >= 0.6 is 7.14 Å². The third kappa shape index (κ3) is 3.21. The number of hydrogen-bond donors (Lipinski definition) is 1. The van der Waals surface area contributed by atoms with Gasteiger partial charge in [-0.2, -0.15) is 0 Å². The summed E-state index contributed by atoms with van der Waals surface area (Å²) in [7, 11) is -2.78. The van der Waals surface area contributed by atoms with Crippen molar-refractivity contribution in [3.8, 4) is 0 Å². The minimum atomic E-state index is -2.78. The van der Waals surface area contributed by atoms with E-state index in [2.05, 4.69) is 12.2 Å². The minimum absolute atomic E-state index is 0.376. The van der Waals surface area contributed by atoms with Gasteiger partial charge in [0.05, 0.1) is 0 Å². The second-order valence-corrected chi connectivity index (χ2v) is 12.5. The van der Waals surface area contributed by atoms with Crippen LogP contribution < -0.4 is 15.9 Å². The summed E-state index contributed by atoms with van der Waals surface area (Å²) in [5, 5.41) is 4.45. The molecule has 0 radical (unpaired) electrons. The Labute approximate surface area is 189 Å². The normalized spacial score (nSPS) is 25.5. The number of hydrogen-bond acceptors (Lipinski definition) is 4. The molecule has 2 bridgehead atoms. The van der Waals surface area contributed by atoms with Crippen molar-refractivity contribution in [3.05, 3.63) is 54.6 Å². The van der Waals surface area contributed by atoms with Crippen LogP contribution in [0.15, 0.2) is 54.6 Å². The smallest absolute Gasteiger partial charge is 0.239 e. The molecule has 2 aliphatic carbocycles. The number of nitrogens with one attached hydrogen (secondary N) is 1. The molecular formula is C26H30NO4P. The quantitative estimate of drug-likeness (QED) is 0.386. The highest BCUT2D eigenvalue weighted by atomic mass is 31.2. The molecule has 2 aliphatic rings. The first-order valence-corrected chi connectivity index (χ1v) is 13.2. The molecule has 0 heterocycles. The molecule has 2 aromatic carbocycles. The molecule has 3 atom stereocenters. The maximum atomic E-state index is 14.0. The first-order valence-electron chi connectivity index (χ1n) is 11.3. The molecule has 0 spiro atoms. The molecular weight excluding hydrogens is 421 g/mol. The van der Waals surface area contributed by atoms with Crippen molar-refractivity contribution < 1.29 is 18.9 Å². The standard InChI is InChI=1S/C26H30NO4P/c1-4-5-17-32(31,19-9-7-6-8-10-19)20-13-11-18(12-14-20)27-24(30)26-16-15-21(25(26,2)3)22(28)23(26)29/h6-14,21H,4-5,15-17H2,1-3H3,(H,27,30). The molecule has 2 aromatic rings. The number of ketones is 2. The lowest BCUT2D eigenvalue weighted by molar-refractivity contribution is -0.147. The van der Waals surface area contributed by atoms with Gasteiger partial charge in [0.1, 0.15) is 12.6 Å². The summed E-state index contributed by atoms with van der Waals surface area (Å²) in [4.78, 5) is 38.4. The van der Waals surface area contributed by atoms with Gasteiger partial charge in [-0.05, 0) is 48.9 Å². The Balaban J connectivity index is 1.60. The highest BCUT2D eigenvalue weighted by Gasteiger charge is 2.72. The van der Waals surface area contributed by atoms with Gasteiger partial charge >= 0.3 is 0 Å². The van der Waals surface area contributed by atoms with Crippen LogP contribution in [0.5, 0.6) is 0 Å². The van der Waals surface area contributed by atoms with Gasteiger partial charge in [0.15, 0.2) is 0 Å².